The van der Waals surface area contributed by atoms with E-state index in [9.17, 15) is 4.79 Å². The lowest BCUT2D eigenvalue weighted by Crippen LogP contribution is -2.28. The highest BCUT2D eigenvalue weighted by atomic mass is 35.5. The maximum Gasteiger partial charge on any atom is 0.244 e. The van der Waals surface area contributed by atoms with Gasteiger partial charge in [-0.1, -0.05) is 36.5 Å². The number of aliphatic hydroxyl groups excluding tert-OH is 1. The molecule has 0 spiro atoms. The van der Waals surface area contributed by atoms with Crippen molar-refractivity contribution in [3.8, 4) is 0 Å². The monoisotopic (exact) mass is 329 g/mol. The first kappa shape index (κ1) is 18.0. The van der Waals surface area contributed by atoms with Crippen molar-refractivity contribution >= 4 is 35.2 Å². The molecule has 0 aromatic heterocycles. The Morgan fingerprint density at radius 1 is 1.38 bits per heavy atom. The predicted octanol–water partition coefficient (Wildman–Crippen LogP) is 3.92. The fourth-order valence-corrected chi connectivity index (χ4v) is 2.41. The number of amides is 1. The zero-order chi connectivity index (χ0) is 15.7. The molecule has 0 aliphatic rings. The summed E-state index contributed by atoms with van der Waals surface area (Å²) in [5, 5.41) is 13.0. The average Bonchev–Trinajstić information content (AvgIpc) is 2.46. The average molecular weight is 330 g/mol. The Kier molecular flexibility index (Phi) is 8.43. The normalized spacial score (nSPS) is 12.6. The quantitative estimate of drug-likeness (QED) is 0.710. The summed E-state index contributed by atoms with van der Waals surface area (Å²) in [4.78, 5) is 11.8. The number of hydrogen-bond donors (Lipinski definition) is 2. The third-order valence-electron chi connectivity index (χ3n) is 3.17. The third kappa shape index (κ3) is 6.98. The van der Waals surface area contributed by atoms with E-state index in [1.807, 2.05) is 0 Å². The van der Waals surface area contributed by atoms with Gasteiger partial charge in [0.2, 0.25) is 5.91 Å². The first-order valence-electron chi connectivity index (χ1n) is 7.08. The molecular formula is C16H21Cl2NO2. The number of carbonyl (C=O) groups is 1. The van der Waals surface area contributed by atoms with Gasteiger partial charge in [-0.2, -0.15) is 0 Å². The molecule has 21 heavy (non-hydrogen) atoms. The highest BCUT2D eigenvalue weighted by molar-refractivity contribution is 6.34. The number of aliphatic hydroxyl groups is 1. The summed E-state index contributed by atoms with van der Waals surface area (Å²) in [7, 11) is 0. The number of nitrogens with one attached hydrogen (secondary N) is 1. The van der Waals surface area contributed by atoms with Gasteiger partial charge in [-0.25, -0.2) is 0 Å². The highest BCUT2D eigenvalue weighted by Gasteiger charge is 2.08. The molecule has 5 heteroatoms. The van der Waals surface area contributed by atoms with Crippen molar-refractivity contribution in [1.29, 1.82) is 0 Å². The molecule has 1 amide bonds. The van der Waals surface area contributed by atoms with E-state index in [2.05, 4.69) is 12.2 Å². The van der Waals surface area contributed by atoms with Crippen molar-refractivity contribution in [2.45, 2.75) is 26.2 Å². The number of benzene rings is 1. The first-order valence-corrected chi connectivity index (χ1v) is 7.84. The van der Waals surface area contributed by atoms with Crippen LogP contribution >= 0.6 is 23.2 Å². The van der Waals surface area contributed by atoms with Gasteiger partial charge in [0.25, 0.3) is 0 Å². The Bertz CT molecular complexity index is 483. The van der Waals surface area contributed by atoms with Crippen LogP contribution in [0, 0.1) is 5.92 Å². The van der Waals surface area contributed by atoms with Crippen LogP contribution < -0.4 is 5.32 Å². The highest BCUT2D eigenvalue weighted by Crippen LogP contribution is 2.21. The van der Waals surface area contributed by atoms with Crippen LogP contribution in [-0.4, -0.2) is 24.2 Å². The van der Waals surface area contributed by atoms with Crippen LogP contribution in [0.2, 0.25) is 10.0 Å². The summed E-state index contributed by atoms with van der Waals surface area (Å²) in [6.45, 7) is 2.81. The molecular weight excluding hydrogens is 309 g/mol. The maximum atomic E-state index is 11.8. The van der Waals surface area contributed by atoms with Gasteiger partial charge in [0, 0.05) is 29.3 Å². The van der Waals surface area contributed by atoms with E-state index in [1.54, 1.807) is 24.3 Å². The fraction of sp³-hybridized carbons (Fsp3) is 0.438. The summed E-state index contributed by atoms with van der Waals surface area (Å²) < 4.78 is 0. The number of halogens is 2. The summed E-state index contributed by atoms with van der Waals surface area (Å²) >= 11 is 11.9. The Labute approximate surface area is 136 Å². The van der Waals surface area contributed by atoms with Gasteiger partial charge in [-0.3, -0.25) is 4.79 Å². The van der Waals surface area contributed by atoms with Crippen molar-refractivity contribution in [3.05, 3.63) is 39.9 Å². The second-order valence-electron chi connectivity index (χ2n) is 4.91. The van der Waals surface area contributed by atoms with E-state index in [0.29, 0.717) is 34.5 Å². The Morgan fingerprint density at radius 2 is 2.14 bits per heavy atom. The minimum Gasteiger partial charge on any atom is -0.396 e. The lowest BCUT2D eigenvalue weighted by atomic mass is 10.0. The van der Waals surface area contributed by atoms with Gasteiger partial charge in [0.1, 0.15) is 0 Å². The SMILES string of the molecule is CCCC(CCO)CNC(=O)/C=C/c1cc(Cl)ccc1Cl. The van der Waals surface area contributed by atoms with Crippen molar-refractivity contribution in [2.24, 2.45) is 5.92 Å². The molecule has 0 aliphatic carbocycles. The van der Waals surface area contributed by atoms with Crippen molar-refractivity contribution in [2.75, 3.05) is 13.2 Å². The smallest absolute Gasteiger partial charge is 0.244 e. The Morgan fingerprint density at radius 3 is 2.81 bits per heavy atom. The zero-order valence-electron chi connectivity index (χ0n) is 12.1. The molecule has 0 radical (unpaired) electrons. The standard InChI is InChI=1S/C16H21Cl2NO2/c1-2-3-12(8-9-20)11-19-16(21)7-4-13-10-14(17)5-6-15(13)18/h4-7,10,12,20H,2-3,8-9,11H2,1H3,(H,19,21)/b7-4+. The number of carbonyl (C=O) groups excluding carboxylic acids is 1. The molecule has 0 saturated carbocycles. The van der Waals surface area contributed by atoms with Gasteiger partial charge >= 0.3 is 0 Å². The van der Waals surface area contributed by atoms with Gasteiger partial charge in [0.15, 0.2) is 0 Å². The first-order chi connectivity index (χ1) is 10.1. The molecule has 1 unspecified atom stereocenters. The maximum absolute atomic E-state index is 11.8. The van der Waals surface area contributed by atoms with Crippen LogP contribution in [0.1, 0.15) is 31.7 Å². The summed E-state index contributed by atoms with van der Waals surface area (Å²) in [6.07, 6.45) is 5.82. The van der Waals surface area contributed by atoms with Crippen LogP contribution in [0.15, 0.2) is 24.3 Å². The Hall–Kier alpha value is -1.03. The van der Waals surface area contributed by atoms with Crippen molar-refractivity contribution < 1.29 is 9.90 Å². The molecule has 3 nitrogen and oxygen atoms in total. The van der Waals surface area contributed by atoms with Crippen molar-refractivity contribution in [3.63, 3.8) is 0 Å². The Balaban J connectivity index is 2.52. The van der Waals surface area contributed by atoms with Crippen molar-refractivity contribution in [1.82, 2.24) is 5.32 Å². The molecule has 2 N–H and O–H groups in total. The lowest BCUT2D eigenvalue weighted by Gasteiger charge is -2.14. The van der Waals surface area contributed by atoms with Crippen LogP contribution in [0.5, 0.6) is 0 Å². The molecule has 116 valence electrons. The minimum absolute atomic E-state index is 0.147. The van der Waals surface area contributed by atoms with Crippen LogP contribution in [0.4, 0.5) is 0 Å². The minimum atomic E-state index is -0.176. The second kappa shape index (κ2) is 9.82. The number of hydrogen-bond acceptors (Lipinski definition) is 2. The fourth-order valence-electron chi connectivity index (χ4n) is 2.05. The van der Waals surface area contributed by atoms with Gasteiger partial charge in [0.05, 0.1) is 0 Å². The van der Waals surface area contributed by atoms with Gasteiger partial charge in [-0.15, -0.1) is 0 Å². The molecule has 0 bridgehead atoms. The molecule has 0 aliphatic heterocycles. The van der Waals surface area contributed by atoms with Gasteiger partial charge in [-0.05, 0) is 48.6 Å². The summed E-state index contributed by atoms with van der Waals surface area (Å²) in [5.41, 5.74) is 0.708. The van der Waals surface area contributed by atoms with Crippen LogP contribution in [0.3, 0.4) is 0 Å². The van der Waals surface area contributed by atoms with Crippen LogP contribution in [-0.2, 0) is 4.79 Å². The summed E-state index contributed by atoms with van der Waals surface area (Å²) in [6, 6.07) is 5.10. The lowest BCUT2D eigenvalue weighted by molar-refractivity contribution is -0.116. The molecule has 1 aromatic carbocycles. The summed E-state index contributed by atoms with van der Waals surface area (Å²) in [5.74, 6) is 0.136. The molecule has 1 atom stereocenters. The topological polar surface area (TPSA) is 49.3 Å². The van der Waals surface area contributed by atoms with E-state index in [0.717, 1.165) is 12.8 Å². The third-order valence-corrected chi connectivity index (χ3v) is 3.75. The molecule has 0 saturated heterocycles. The predicted molar refractivity (Wildman–Crippen MR) is 88.6 cm³/mol. The zero-order valence-corrected chi connectivity index (χ0v) is 13.6. The van der Waals surface area contributed by atoms with E-state index < -0.39 is 0 Å². The second-order valence-corrected chi connectivity index (χ2v) is 5.75. The van der Waals surface area contributed by atoms with E-state index in [4.69, 9.17) is 28.3 Å². The van der Waals surface area contributed by atoms with E-state index in [-0.39, 0.29) is 12.5 Å². The molecule has 0 fully saturated rings. The molecule has 1 rings (SSSR count). The van der Waals surface area contributed by atoms with E-state index in [1.165, 1.54) is 6.08 Å². The number of rotatable bonds is 8. The molecule has 1 aromatic rings. The largest absolute Gasteiger partial charge is 0.396 e. The van der Waals surface area contributed by atoms with E-state index >= 15 is 0 Å². The van der Waals surface area contributed by atoms with Gasteiger partial charge < -0.3 is 10.4 Å². The van der Waals surface area contributed by atoms with Crippen LogP contribution in [0.25, 0.3) is 6.08 Å². The molecule has 0 heterocycles.